The molecule has 0 aliphatic heterocycles. The summed E-state index contributed by atoms with van der Waals surface area (Å²) < 4.78 is 22.0. The van der Waals surface area contributed by atoms with Crippen LogP contribution in [0.25, 0.3) is 0 Å². The Labute approximate surface area is 318 Å². The number of hydrogen-bond acceptors (Lipinski definition) is 7. The number of unbranched alkanes of at least 4 members (excludes halogenated alkanes) is 18. The predicted octanol–water partition coefficient (Wildman–Crippen LogP) is 10.3. The molecule has 0 saturated heterocycles. The van der Waals surface area contributed by atoms with E-state index in [9.17, 15) is 24.5 Å². The number of carbonyl (C=O) groups excluding carboxylic acids is 1. The standard InChI is InChI=1S/C42H79N2O7P/c1-3-5-7-9-11-13-15-17-19-21-23-25-27-29-31-33-39(45)37-42(47)44-40(38-51-52(48,49)50-36-35-43)41(46)34-32-30-28-26-24-22-20-18-16-14-12-10-8-6-4-2/h11,13,17,19,24,26,32,34,39-41,45-46H,3-10,12,14-16,18,20-23,25,27-31,33,35-38,43H2,1-2H3,(H,44,47)(H,48,49)/b13-11-,19-17-,26-24+,34-32+. The van der Waals surface area contributed by atoms with Crippen molar-refractivity contribution in [2.75, 3.05) is 19.8 Å². The van der Waals surface area contributed by atoms with Gasteiger partial charge in [0, 0.05) is 6.54 Å². The van der Waals surface area contributed by atoms with Crippen LogP contribution in [0, 0.1) is 0 Å². The first-order valence-corrected chi connectivity index (χ1v) is 22.3. The van der Waals surface area contributed by atoms with Crippen LogP contribution in [0.5, 0.6) is 0 Å². The summed E-state index contributed by atoms with van der Waals surface area (Å²) in [5.74, 6) is -0.466. The fourth-order valence-corrected chi connectivity index (χ4v) is 6.51. The molecule has 1 amide bonds. The number of aliphatic hydroxyl groups excluding tert-OH is 2. The quantitative estimate of drug-likeness (QED) is 0.0237. The molecule has 0 saturated carbocycles. The van der Waals surface area contributed by atoms with Gasteiger partial charge in [0.15, 0.2) is 0 Å². The summed E-state index contributed by atoms with van der Waals surface area (Å²) >= 11 is 0. The Morgan fingerprint density at radius 2 is 1.15 bits per heavy atom. The maximum Gasteiger partial charge on any atom is 0.472 e. The maximum absolute atomic E-state index is 12.8. The van der Waals surface area contributed by atoms with Crippen LogP contribution < -0.4 is 11.1 Å². The smallest absolute Gasteiger partial charge is 0.393 e. The second-order valence-corrected chi connectivity index (χ2v) is 15.5. The van der Waals surface area contributed by atoms with Crippen LogP contribution in [-0.4, -0.2) is 59.0 Å². The van der Waals surface area contributed by atoms with E-state index in [0.717, 1.165) is 57.8 Å². The third-order valence-corrected chi connectivity index (χ3v) is 9.92. The van der Waals surface area contributed by atoms with Gasteiger partial charge >= 0.3 is 7.82 Å². The van der Waals surface area contributed by atoms with Crippen LogP contribution >= 0.6 is 7.82 Å². The Hall–Kier alpha value is -1.58. The van der Waals surface area contributed by atoms with Gasteiger partial charge < -0.3 is 26.2 Å². The second kappa shape index (κ2) is 37.7. The maximum atomic E-state index is 12.8. The van der Waals surface area contributed by atoms with E-state index in [-0.39, 0.29) is 19.6 Å². The number of nitrogens with one attached hydrogen (secondary N) is 1. The minimum Gasteiger partial charge on any atom is -0.393 e. The van der Waals surface area contributed by atoms with Crippen molar-refractivity contribution in [1.29, 1.82) is 0 Å². The topological polar surface area (TPSA) is 151 Å². The Kier molecular flexibility index (Phi) is 36.6. The van der Waals surface area contributed by atoms with Gasteiger partial charge in [-0.2, -0.15) is 0 Å². The molecule has 0 aliphatic carbocycles. The van der Waals surface area contributed by atoms with Gasteiger partial charge in [-0.1, -0.05) is 152 Å². The highest BCUT2D eigenvalue weighted by Crippen LogP contribution is 2.43. The normalized spacial score (nSPS) is 15.3. The lowest BCUT2D eigenvalue weighted by molar-refractivity contribution is -0.124. The highest BCUT2D eigenvalue weighted by Gasteiger charge is 2.27. The van der Waals surface area contributed by atoms with Gasteiger partial charge in [0.05, 0.1) is 37.9 Å². The Morgan fingerprint density at radius 3 is 1.75 bits per heavy atom. The number of phosphoric acid groups is 1. The molecule has 4 unspecified atom stereocenters. The van der Waals surface area contributed by atoms with Crippen LogP contribution in [0.3, 0.4) is 0 Å². The zero-order chi connectivity index (χ0) is 38.4. The molecule has 9 nitrogen and oxygen atoms in total. The average Bonchev–Trinajstić information content (AvgIpc) is 3.12. The van der Waals surface area contributed by atoms with Gasteiger partial charge in [-0.25, -0.2) is 4.57 Å². The summed E-state index contributed by atoms with van der Waals surface area (Å²) in [5, 5.41) is 24.0. The summed E-state index contributed by atoms with van der Waals surface area (Å²) in [5.41, 5.74) is 5.35. The molecule has 0 radical (unpaired) electrons. The van der Waals surface area contributed by atoms with Crippen molar-refractivity contribution in [3.8, 4) is 0 Å². The minimum absolute atomic E-state index is 0.0413. The molecule has 6 N–H and O–H groups in total. The molecule has 0 spiro atoms. The number of nitrogens with two attached hydrogens (primary N) is 1. The van der Waals surface area contributed by atoms with E-state index in [0.29, 0.717) is 12.8 Å². The molecule has 0 aromatic rings. The Balaban J connectivity index is 4.45. The van der Waals surface area contributed by atoms with E-state index in [2.05, 4.69) is 55.6 Å². The second-order valence-electron chi connectivity index (χ2n) is 14.0. The Bertz CT molecular complexity index is 972. The van der Waals surface area contributed by atoms with E-state index < -0.39 is 38.6 Å². The SMILES string of the molecule is CCCCC/C=C\C/C=C\CCCCCCCC(O)CC(=O)NC(COP(=O)(O)OCCN)C(O)/C=C/CC/C=C/CCCCCCCCCCC. The molecular weight excluding hydrogens is 675 g/mol. The number of carbonyl (C=O) groups is 1. The zero-order valence-corrected chi connectivity index (χ0v) is 34.0. The highest BCUT2D eigenvalue weighted by atomic mass is 31.2. The molecule has 0 aromatic carbocycles. The first-order chi connectivity index (χ1) is 25.3. The van der Waals surface area contributed by atoms with Gasteiger partial charge in [-0.05, 0) is 64.2 Å². The van der Waals surface area contributed by atoms with Crippen LogP contribution in [0.4, 0.5) is 0 Å². The average molecular weight is 755 g/mol. The summed E-state index contributed by atoms with van der Waals surface area (Å²) in [6.45, 7) is 3.90. The van der Waals surface area contributed by atoms with Crippen molar-refractivity contribution in [2.24, 2.45) is 5.73 Å². The Morgan fingerprint density at radius 1 is 0.673 bits per heavy atom. The van der Waals surface area contributed by atoms with Gasteiger partial charge in [-0.15, -0.1) is 0 Å². The number of hydrogen-bond donors (Lipinski definition) is 5. The van der Waals surface area contributed by atoms with E-state index in [1.54, 1.807) is 6.08 Å². The molecule has 10 heteroatoms. The van der Waals surface area contributed by atoms with Crippen molar-refractivity contribution >= 4 is 13.7 Å². The van der Waals surface area contributed by atoms with Crippen molar-refractivity contribution in [3.05, 3.63) is 48.6 Å². The van der Waals surface area contributed by atoms with Gasteiger partial charge in [-0.3, -0.25) is 13.8 Å². The fourth-order valence-electron chi connectivity index (χ4n) is 5.75. The van der Waals surface area contributed by atoms with E-state index in [4.69, 9.17) is 14.8 Å². The molecule has 0 heterocycles. The molecule has 4 atom stereocenters. The molecule has 0 aliphatic rings. The van der Waals surface area contributed by atoms with Crippen molar-refractivity contribution in [1.82, 2.24) is 5.32 Å². The van der Waals surface area contributed by atoms with Crippen LogP contribution in [0.1, 0.15) is 174 Å². The molecule has 0 aromatic heterocycles. The summed E-state index contributed by atoms with van der Waals surface area (Å²) in [4.78, 5) is 22.7. The largest absolute Gasteiger partial charge is 0.472 e. The highest BCUT2D eigenvalue weighted by molar-refractivity contribution is 7.47. The summed E-state index contributed by atoms with van der Waals surface area (Å²) in [7, 11) is -4.41. The first-order valence-electron chi connectivity index (χ1n) is 20.8. The number of rotatable bonds is 38. The number of aliphatic hydroxyl groups is 2. The van der Waals surface area contributed by atoms with Crippen LogP contribution in [-0.2, 0) is 18.4 Å². The lowest BCUT2D eigenvalue weighted by Gasteiger charge is -2.24. The van der Waals surface area contributed by atoms with Gasteiger partial charge in [0.2, 0.25) is 5.91 Å². The third kappa shape index (κ3) is 35.4. The summed E-state index contributed by atoms with van der Waals surface area (Å²) in [6.07, 6.45) is 41.9. The van der Waals surface area contributed by atoms with Crippen LogP contribution in [0.15, 0.2) is 48.6 Å². The van der Waals surface area contributed by atoms with Crippen molar-refractivity contribution in [2.45, 2.75) is 193 Å². The van der Waals surface area contributed by atoms with Gasteiger partial charge in [0.25, 0.3) is 0 Å². The molecule has 52 heavy (non-hydrogen) atoms. The van der Waals surface area contributed by atoms with Crippen molar-refractivity contribution in [3.63, 3.8) is 0 Å². The molecular formula is C42H79N2O7P. The first kappa shape index (κ1) is 50.4. The van der Waals surface area contributed by atoms with Crippen LogP contribution in [0.2, 0.25) is 0 Å². The van der Waals surface area contributed by atoms with Gasteiger partial charge in [0.1, 0.15) is 0 Å². The summed E-state index contributed by atoms with van der Waals surface area (Å²) in [6, 6.07) is -1.00. The number of phosphoric ester groups is 1. The molecule has 0 bridgehead atoms. The zero-order valence-electron chi connectivity index (χ0n) is 33.1. The number of allylic oxidation sites excluding steroid dienone is 7. The lowest BCUT2D eigenvalue weighted by atomic mass is 10.0. The van der Waals surface area contributed by atoms with E-state index in [1.807, 2.05) is 6.08 Å². The van der Waals surface area contributed by atoms with E-state index >= 15 is 0 Å². The molecule has 0 fully saturated rings. The number of amides is 1. The van der Waals surface area contributed by atoms with E-state index in [1.165, 1.54) is 83.5 Å². The fraction of sp³-hybridized carbons (Fsp3) is 0.786. The van der Waals surface area contributed by atoms with Crippen molar-refractivity contribution < 1.29 is 33.5 Å². The predicted molar refractivity (Wildman–Crippen MR) is 218 cm³/mol. The monoisotopic (exact) mass is 755 g/mol. The minimum atomic E-state index is -4.41. The third-order valence-electron chi connectivity index (χ3n) is 8.93. The molecule has 0 rings (SSSR count). The molecule has 304 valence electrons. The lowest BCUT2D eigenvalue weighted by Crippen LogP contribution is -2.46.